The molecule has 0 atom stereocenters. The quantitative estimate of drug-likeness (QED) is 0.480. The van der Waals surface area contributed by atoms with Gasteiger partial charge in [-0.25, -0.2) is 4.31 Å². The number of rotatable bonds is 0. The Balaban J connectivity index is 2.12. The first kappa shape index (κ1) is 5.41. The molecule has 1 radical (unpaired) electrons. The largest absolute Gasteiger partial charge is 0.314 e. The lowest BCUT2D eigenvalue weighted by Crippen LogP contribution is -2.38. The first-order chi connectivity index (χ1) is 3.39. The zero-order valence-electron chi connectivity index (χ0n) is 4.18. The number of nitrogens with one attached hydrogen (secondary N) is 1. The van der Waals surface area contributed by atoms with Crippen LogP contribution in [-0.4, -0.2) is 30.5 Å². The second kappa shape index (κ2) is 2.55. The smallest absolute Gasteiger partial charge is 0.0224 e. The van der Waals surface area contributed by atoms with Crippen molar-refractivity contribution in [1.82, 2.24) is 9.62 Å². The van der Waals surface area contributed by atoms with Crippen LogP contribution in [0.2, 0.25) is 0 Å². The molecule has 1 aliphatic heterocycles. The van der Waals surface area contributed by atoms with E-state index in [0.717, 1.165) is 26.2 Å². The summed E-state index contributed by atoms with van der Waals surface area (Å²) in [5, 5.41) is 3.21. The Kier molecular flexibility index (Phi) is 1.97. The van der Waals surface area contributed by atoms with Gasteiger partial charge in [0, 0.05) is 39.0 Å². The molecule has 0 bridgehead atoms. The summed E-state index contributed by atoms with van der Waals surface area (Å²) >= 11 is 4.88. The van der Waals surface area contributed by atoms with Crippen LogP contribution in [0.5, 0.6) is 0 Å². The maximum atomic E-state index is 4.88. The van der Waals surface area contributed by atoms with E-state index in [2.05, 4.69) is 5.32 Å². The molecule has 7 heavy (non-hydrogen) atoms. The highest BCUT2D eigenvalue weighted by Crippen LogP contribution is 1.92. The fourth-order valence-electron chi connectivity index (χ4n) is 0.644. The van der Waals surface area contributed by atoms with Gasteiger partial charge in [0.2, 0.25) is 0 Å². The molecular weight excluding hydrogens is 108 g/mol. The summed E-state index contributed by atoms with van der Waals surface area (Å²) in [4.78, 5) is 0. The van der Waals surface area contributed by atoms with Crippen LogP contribution in [0.25, 0.3) is 0 Å². The molecule has 3 heteroatoms. The van der Waals surface area contributed by atoms with E-state index >= 15 is 0 Å². The summed E-state index contributed by atoms with van der Waals surface area (Å²) in [5.74, 6) is 0. The zero-order valence-corrected chi connectivity index (χ0v) is 5.00. The van der Waals surface area contributed by atoms with E-state index < -0.39 is 0 Å². The van der Waals surface area contributed by atoms with Crippen molar-refractivity contribution in [3.8, 4) is 0 Å². The Morgan fingerprint density at radius 2 is 1.86 bits per heavy atom. The normalized spacial score (nSPS) is 25.3. The summed E-state index contributed by atoms with van der Waals surface area (Å²) in [6, 6.07) is 0. The van der Waals surface area contributed by atoms with Crippen molar-refractivity contribution in [3.05, 3.63) is 0 Å². The molecule has 1 heterocycles. The third kappa shape index (κ3) is 1.67. The van der Waals surface area contributed by atoms with Crippen molar-refractivity contribution in [2.45, 2.75) is 0 Å². The molecule has 0 aliphatic carbocycles. The molecule has 0 aromatic heterocycles. The topological polar surface area (TPSA) is 15.3 Å². The molecule has 0 saturated carbocycles. The molecule has 1 aliphatic rings. The molecule has 0 aromatic rings. The second-order valence-electron chi connectivity index (χ2n) is 1.68. The monoisotopic (exact) mass is 117 g/mol. The predicted octanol–water partition coefficient (Wildman–Crippen LogP) is 0.00410. The highest BCUT2D eigenvalue weighted by molar-refractivity contribution is 7.77. The third-order valence-corrected chi connectivity index (χ3v) is 1.44. The minimum Gasteiger partial charge on any atom is -0.314 e. The lowest BCUT2D eigenvalue weighted by atomic mass is 10.4. The van der Waals surface area contributed by atoms with Gasteiger partial charge in [-0.3, -0.25) is 0 Å². The summed E-state index contributed by atoms with van der Waals surface area (Å²) in [6.45, 7) is 4.16. The van der Waals surface area contributed by atoms with Gasteiger partial charge in [0.1, 0.15) is 0 Å². The molecular formula is C4H9N2S. The van der Waals surface area contributed by atoms with E-state index in [9.17, 15) is 0 Å². The van der Waals surface area contributed by atoms with Crippen LogP contribution in [-0.2, 0) is 0 Å². The van der Waals surface area contributed by atoms with Crippen LogP contribution in [0.1, 0.15) is 0 Å². The maximum Gasteiger partial charge on any atom is 0.0224 e. The summed E-state index contributed by atoms with van der Waals surface area (Å²) in [5.41, 5.74) is 0. The van der Waals surface area contributed by atoms with Crippen LogP contribution in [0.15, 0.2) is 0 Å². The Morgan fingerprint density at radius 1 is 1.29 bits per heavy atom. The molecule has 0 unspecified atom stereocenters. The van der Waals surface area contributed by atoms with Crippen LogP contribution in [0, 0.1) is 0 Å². The maximum absolute atomic E-state index is 4.88. The minimum atomic E-state index is 1.02. The van der Waals surface area contributed by atoms with Gasteiger partial charge in [0.25, 0.3) is 0 Å². The van der Waals surface area contributed by atoms with Gasteiger partial charge in [-0.2, -0.15) is 0 Å². The van der Waals surface area contributed by atoms with E-state index in [1.165, 1.54) is 0 Å². The highest BCUT2D eigenvalue weighted by Gasteiger charge is 2.03. The van der Waals surface area contributed by atoms with Crippen LogP contribution >= 0.6 is 12.8 Å². The number of hydrogen-bond acceptors (Lipinski definition) is 2. The van der Waals surface area contributed by atoms with Crippen LogP contribution in [0.4, 0.5) is 0 Å². The van der Waals surface area contributed by atoms with Crippen molar-refractivity contribution in [2.75, 3.05) is 26.2 Å². The van der Waals surface area contributed by atoms with Gasteiger partial charge in [-0.1, -0.05) is 0 Å². The third-order valence-electron chi connectivity index (χ3n) is 1.08. The number of hydrogen-bond donors (Lipinski definition) is 1. The van der Waals surface area contributed by atoms with Crippen molar-refractivity contribution < 1.29 is 0 Å². The van der Waals surface area contributed by atoms with E-state index in [1.54, 1.807) is 0 Å². The van der Waals surface area contributed by atoms with Gasteiger partial charge in [-0.15, -0.1) is 0 Å². The van der Waals surface area contributed by atoms with Crippen molar-refractivity contribution in [3.63, 3.8) is 0 Å². The molecule has 1 N–H and O–H groups in total. The van der Waals surface area contributed by atoms with Gasteiger partial charge in [0.15, 0.2) is 0 Å². The fraction of sp³-hybridized carbons (Fsp3) is 1.00. The van der Waals surface area contributed by atoms with E-state index in [0.29, 0.717) is 0 Å². The lowest BCUT2D eigenvalue weighted by Gasteiger charge is -2.19. The molecule has 1 saturated heterocycles. The molecule has 41 valence electrons. The Morgan fingerprint density at radius 3 is 2.14 bits per heavy atom. The Hall–Kier alpha value is 0.270. The first-order valence-electron chi connectivity index (χ1n) is 2.52. The SMILES string of the molecule is [S]N1CCNCC1. The summed E-state index contributed by atoms with van der Waals surface area (Å²) in [7, 11) is 0. The summed E-state index contributed by atoms with van der Waals surface area (Å²) in [6.07, 6.45) is 0. The molecule has 2 nitrogen and oxygen atoms in total. The predicted molar refractivity (Wildman–Crippen MR) is 32.0 cm³/mol. The molecule has 0 spiro atoms. The molecule has 0 amide bonds. The Labute approximate surface area is 49.4 Å². The van der Waals surface area contributed by atoms with E-state index in [1.807, 2.05) is 4.31 Å². The van der Waals surface area contributed by atoms with Gasteiger partial charge in [0.05, 0.1) is 0 Å². The number of piperazine rings is 1. The molecule has 1 fully saturated rings. The first-order valence-corrected chi connectivity index (χ1v) is 2.89. The second-order valence-corrected chi connectivity index (χ2v) is 2.20. The van der Waals surface area contributed by atoms with Crippen molar-refractivity contribution >= 4 is 12.8 Å². The average Bonchev–Trinajstić information content (AvgIpc) is 1.69. The van der Waals surface area contributed by atoms with Gasteiger partial charge < -0.3 is 5.32 Å². The van der Waals surface area contributed by atoms with E-state index in [4.69, 9.17) is 12.8 Å². The fourth-order valence-corrected chi connectivity index (χ4v) is 0.827. The molecule has 0 aromatic carbocycles. The zero-order chi connectivity index (χ0) is 5.11. The number of nitrogens with zero attached hydrogens (tertiary/aromatic N) is 1. The van der Waals surface area contributed by atoms with Crippen LogP contribution in [0.3, 0.4) is 0 Å². The Bertz CT molecular complexity index is 51.7. The van der Waals surface area contributed by atoms with E-state index in [-0.39, 0.29) is 0 Å². The van der Waals surface area contributed by atoms with Crippen molar-refractivity contribution in [1.29, 1.82) is 0 Å². The minimum absolute atomic E-state index is 1.02. The molecule has 1 rings (SSSR count). The highest BCUT2D eigenvalue weighted by atomic mass is 32.1. The van der Waals surface area contributed by atoms with Crippen LogP contribution < -0.4 is 5.32 Å². The standard InChI is InChI=1S/C4H9N2S/c7-6-3-1-5-2-4-6/h5H,1-4H2. The lowest BCUT2D eigenvalue weighted by molar-refractivity contribution is 0.400. The van der Waals surface area contributed by atoms with Gasteiger partial charge in [-0.05, 0) is 0 Å². The van der Waals surface area contributed by atoms with Crippen molar-refractivity contribution in [2.24, 2.45) is 0 Å². The average molecular weight is 117 g/mol. The van der Waals surface area contributed by atoms with Gasteiger partial charge >= 0.3 is 0 Å². The summed E-state index contributed by atoms with van der Waals surface area (Å²) < 4.78 is 1.91.